The SMILES string of the molecule is CCC[C@H](C)Nc1ncc(-c2ccc(CC3CCN(C)CC3)cn2)c(N[C@H]2CC[C@H](O)CC2)n1. The number of aliphatic hydroxyl groups is 1. The molecule has 2 fully saturated rings. The van der Waals surface area contributed by atoms with E-state index in [0.717, 1.165) is 67.9 Å². The number of hydrogen-bond donors (Lipinski definition) is 3. The highest BCUT2D eigenvalue weighted by molar-refractivity contribution is 5.73. The molecule has 7 nitrogen and oxygen atoms in total. The maximum absolute atomic E-state index is 9.90. The summed E-state index contributed by atoms with van der Waals surface area (Å²) >= 11 is 0. The quantitative estimate of drug-likeness (QED) is 0.492. The van der Waals surface area contributed by atoms with Crippen LogP contribution in [0.15, 0.2) is 24.5 Å². The number of aromatic nitrogens is 3. The molecule has 0 bridgehead atoms. The third-order valence-electron chi connectivity index (χ3n) is 7.39. The minimum atomic E-state index is -0.172. The average Bonchev–Trinajstić information content (AvgIpc) is 2.83. The first kappa shape index (κ1) is 24.9. The highest BCUT2D eigenvalue weighted by Crippen LogP contribution is 2.30. The molecule has 3 N–H and O–H groups in total. The molecule has 7 heteroatoms. The summed E-state index contributed by atoms with van der Waals surface area (Å²) in [6, 6.07) is 4.97. The molecule has 0 aromatic carbocycles. The van der Waals surface area contributed by atoms with Crippen LogP contribution in [0.5, 0.6) is 0 Å². The summed E-state index contributed by atoms with van der Waals surface area (Å²) in [6.45, 7) is 6.74. The van der Waals surface area contributed by atoms with Gasteiger partial charge in [0.2, 0.25) is 5.95 Å². The number of pyridine rings is 1. The van der Waals surface area contributed by atoms with E-state index < -0.39 is 0 Å². The van der Waals surface area contributed by atoms with E-state index in [2.05, 4.69) is 53.5 Å². The minimum Gasteiger partial charge on any atom is -0.393 e. The van der Waals surface area contributed by atoms with Crippen molar-refractivity contribution in [2.24, 2.45) is 5.92 Å². The molecule has 3 heterocycles. The molecule has 0 radical (unpaired) electrons. The van der Waals surface area contributed by atoms with Gasteiger partial charge in [0.1, 0.15) is 5.82 Å². The summed E-state index contributed by atoms with van der Waals surface area (Å²) in [5, 5.41) is 17.0. The van der Waals surface area contributed by atoms with Crippen LogP contribution in [0, 0.1) is 5.92 Å². The number of nitrogens with one attached hydrogen (secondary N) is 2. The molecule has 2 aromatic rings. The van der Waals surface area contributed by atoms with Crippen molar-refractivity contribution in [1.29, 1.82) is 0 Å². The number of likely N-dealkylation sites (tertiary alicyclic amines) is 1. The van der Waals surface area contributed by atoms with Gasteiger partial charge in [-0.2, -0.15) is 4.98 Å². The van der Waals surface area contributed by atoms with Crippen molar-refractivity contribution >= 4 is 11.8 Å². The van der Waals surface area contributed by atoms with Crippen LogP contribution in [0.25, 0.3) is 11.3 Å². The van der Waals surface area contributed by atoms with Gasteiger partial charge < -0.3 is 20.6 Å². The Kier molecular flexibility index (Phi) is 8.73. The van der Waals surface area contributed by atoms with Crippen molar-refractivity contribution in [2.75, 3.05) is 30.8 Å². The van der Waals surface area contributed by atoms with E-state index in [4.69, 9.17) is 9.97 Å². The van der Waals surface area contributed by atoms with Gasteiger partial charge in [0.05, 0.1) is 17.4 Å². The number of anilines is 2. The summed E-state index contributed by atoms with van der Waals surface area (Å²) in [6.07, 6.45) is 13.1. The van der Waals surface area contributed by atoms with Gasteiger partial charge in [0.15, 0.2) is 0 Å². The van der Waals surface area contributed by atoms with Crippen molar-refractivity contribution in [3.63, 3.8) is 0 Å². The maximum atomic E-state index is 9.90. The summed E-state index contributed by atoms with van der Waals surface area (Å²) in [4.78, 5) is 16.7. The smallest absolute Gasteiger partial charge is 0.224 e. The lowest BCUT2D eigenvalue weighted by Gasteiger charge is -2.29. The summed E-state index contributed by atoms with van der Waals surface area (Å²) in [5.41, 5.74) is 3.14. The molecule has 2 aliphatic rings. The lowest BCUT2D eigenvalue weighted by atomic mass is 9.91. The van der Waals surface area contributed by atoms with Crippen LogP contribution in [0.1, 0.15) is 70.8 Å². The highest BCUT2D eigenvalue weighted by atomic mass is 16.3. The van der Waals surface area contributed by atoms with E-state index in [1.165, 1.54) is 31.5 Å². The van der Waals surface area contributed by atoms with E-state index in [9.17, 15) is 5.11 Å². The van der Waals surface area contributed by atoms with Crippen LogP contribution < -0.4 is 10.6 Å². The van der Waals surface area contributed by atoms with E-state index in [1.54, 1.807) is 0 Å². The predicted octanol–water partition coefficient (Wildman–Crippen LogP) is 4.74. The number of piperidine rings is 1. The Bertz CT molecular complexity index is 888. The number of aliphatic hydroxyl groups excluding tert-OH is 1. The fraction of sp³-hybridized carbons (Fsp3) is 0.667. The first-order chi connectivity index (χ1) is 16.5. The zero-order chi connectivity index (χ0) is 23.9. The molecule has 186 valence electrons. The van der Waals surface area contributed by atoms with Gasteiger partial charge >= 0.3 is 0 Å². The molecule has 1 saturated heterocycles. The van der Waals surface area contributed by atoms with E-state index in [1.807, 2.05) is 12.4 Å². The van der Waals surface area contributed by atoms with E-state index >= 15 is 0 Å². The van der Waals surface area contributed by atoms with Crippen LogP contribution in [-0.4, -0.2) is 63.3 Å². The van der Waals surface area contributed by atoms with Gasteiger partial charge in [-0.25, -0.2) is 4.98 Å². The van der Waals surface area contributed by atoms with Crippen LogP contribution in [0.3, 0.4) is 0 Å². The molecule has 1 atom stereocenters. The first-order valence-corrected chi connectivity index (χ1v) is 13.2. The summed E-state index contributed by atoms with van der Waals surface area (Å²) in [5.74, 6) is 2.24. The normalized spacial score (nSPS) is 22.9. The molecule has 2 aromatic heterocycles. The van der Waals surface area contributed by atoms with Crippen molar-refractivity contribution in [1.82, 2.24) is 19.9 Å². The minimum absolute atomic E-state index is 0.172. The van der Waals surface area contributed by atoms with E-state index in [0.29, 0.717) is 18.0 Å². The van der Waals surface area contributed by atoms with Crippen LogP contribution >= 0.6 is 0 Å². The molecular weight excluding hydrogens is 424 g/mol. The molecule has 1 saturated carbocycles. The second-order valence-electron chi connectivity index (χ2n) is 10.4. The second kappa shape index (κ2) is 11.9. The standard InChI is InChI=1S/C27H42N6O/c1-4-5-19(2)30-27-29-18-24(26(32-27)31-22-7-9-23(34)10-8-22)25-11-6-21(17-28-25)16-20-12-14-33(3)15-13-20/h6,11,17-20,22-23,34H,4-5,7-10,12-16H2,1-3H3,(H2,29,30,31,32)/t19-,22-,23-/m0/s1. The topological polar surface area (TPSA) is 86.2 Å². The Balaban J connectivity index is 1.50. The Morgan fingerprint density at radius 3 is 2.50 bits per heavy atom. The number of hydrogen-bond acceptors (Lipinski definition) is 7. The summed E-state index contributed by atoms with van der Waals surface area (Å²) in [7, 11) is 2.21. The Labute approximate surface area is 204 Å². The van der Waals surface area contributed by atoms with Crippen molar-refractivity contribution in [3.05, 3.63) is 30.1 Å². The molecular formula is C27H42N6O. The number of rotatable bonds is 9. The van der Waals surface area contributed by atoms with Gasteiger partial charge in [-0.05, 0) is 96.0 Å². The van der Waals surface area contributed by atoms with Gasteiger partial charge in [0.25, 0.3) is 0 Å². The average molecular weight is 467 g/mol. The highest BCUT2D eigenvalue weighted by Gasteiger charge is 2.22. The van der Waals surface area contributed by atoms with Crippen LogP contribution in [0.2, 0.25) is 0 Å². The molecule has 4 rings (SSSR count). The zero-order valence-corrected chi connectivity index (χ0v) is 21.1. The number of nitrogens with zero attached hydrogens (tertiary/aromatic N) is 4. The molecule has 1 aliphatic heterocycles. The van der Waals surface area contributed by atoms with Gasteiger partial charge in [-0.1, -0.05) is 19.4 Å². The van der Waals surface area contributed by atoms with Crippen LogP contribution in [-0.2, 0) is 6.42 Å². The molecule has 0 unspecified atom stereocenters. The Morgan fingerprint density at radius 2 is 1.82 bits per heavy atom. The Hall–Kier alpha value is -2.25. The third kappa shape index (κ3) is 6.89. The molecule has 1 aliphatic carbocycles. The lowest BCUT2D eigenvalue weighted by Crippen LogP contribution is -2.30. The summed E-state index contributed by atoms with van der Waals surface area (Å²) < 4.78 is 0. The first-order valence-electron chi connectivity index (χ1n) is 13.2. The van der Waals surface area contributed by atoms with Crippen molar-refractivity contribution in [2.45, 2.75) is 89.8 Å². The zero-order valence-electron chi connectivity index (χ0n) is 21.1. The molecule has 0 spiro atoms. The van der Waals surface area contributed by atoms with Crippen molar-refractivity contribution < 1.29 is 5.11 Å². The fourth-order valence-electron chi connectivity index (χ4n) is 5.19. The Morgan fingerprint density at radius 1 is 1.06 bits per heavy atom. The predicted molar refractivity (Wildman–Crippen MR) is 139 cm³/mol. The van der Waals surface area contributed by atoms with Gasteiger partial charge in [-0.15, -0.1) is 0 Å². The van der Waals surface area contributed by atoms with Crippen molar-refractivity contribution in [3.8, 4) is 11.3 Å². The van der Waals surface area contributed by atoms with E-state index in [-0.39, 0.29) is 6.10 Å². The monoisotopic (exact) mass is 466 g/mol. The fourth-order valence-corrected chi connectivity index (χ4v) is 5.19. The third-order valence-corrected chi connectivity index (χ3v) is 7.39. The van der Waals surface area contributed by atoms with Gasteiger partial charge in [0, 0.05) is 24.5 Å². The maximum Gasteiger partial charge on any atom is 0.224 e. The molecule has 34 heavy (non-hydrogen) atoms. The lowest BCUT2D eigenvalue weighted by molar-refractivity contribution is 0.126. The largest absolute Gasteiger partial charge is 0.393 e. The van der Waals surface area contributed by atoms with Gasteiger partial charge in [-0.3, -0.25) is 4.98 Å². The molecule has 0 amide bonds. The van der Waals surface area contributed by atoms with Crippen LogP contribution in [0.4, 0.5) is 11.8 Å². The second-order valence-corrected chi connectivity index (χ2v) is 10.4.